The minimum absolute atomic E-state index is 0. The molecule has 140 valence electrons. The maximum atomic E-state index is 12.5. The van der Waals surface area contributed by atoms with E-state index in [1.165, 1.54) is 25.7 Å². The van der Waals surface area contributed by atoms with Crippen LogP contribution in [-0.2, 0) is 11.3 Å². The van der Waals surface area contributed by atoms with Gasteiger partial charge in [0, 0.05) is 12.6 Å². The van der Waals surface area contributed by atoms with Gasteiger partial charge in [-0.2, -0.15) is 0 Å². The normalized spacial score (nSPS) is 24.8. The number of hydrogen-bond acceptors (Lipinski definition) is 4. The van der Waals surface area contributed by atoms with Crippen molar-refractivity contribution in [3.05, 3.63) is 23.8 Å². The Morgan fingerprint density at radius 3 is 2.80 bits per heavy atom. The van der Waals surface area contributed by atoms with Gasteiger partial charge in [-0.15, -0.1) is 12.4 Å². The molecular weight excluding hydrogens is 340 g/mol. The molecule has 0 radical (unpaired) electrons. The first-order chi connectivity index (χ1) is 11.7. The van der Waals surface area contributed by atoms with E-state index in [1.807, 2.05) is 25.1 Å². The van der Waals surface area contributed by atoms with Crippen LogP contribution < -0.4 is 20.1 Å². The second kappa shape index (κ2) is 9.30. The lowest BCUT2D eigenvalue weighted by Crippen LogP contribution is -2.42. The molecule has 1 aromatic rings. The van der Waals surface area contributed by atoms with Gasteiger partial charge in [-0.3, -0.25) is 4.79 Å². The van der Waals surface area contributed by atoms with Crippen LogP contribution in [0.25, 0.3) is 0 Å². The van der Waals surface area contributed by atoms with Gasteiger partial charge in [0.2, 0.25) is 5.91 Å². The number of methoxy groups -OCH3 is 1. The molecule has 25 heavy (non-hydrogen) atoms. The van der Waals surface area contributed by atoms with Gasteiger partial charge < -0.3 is 20.1 Å². The zero-order chi connectivity index (χ0) is 16.9. The molecule has 2 aliphatic rings. The third kappa shape index (κ3) is 4.79. The minimum atomic E-state index is -0.0392. The van der Waals surface area contributed by atoms with E-state index in [-0.39, 0.29) is 24.4 Å². The molecule has 2 N–H and O–H groups in total. The van der Waals surface area contributed by atoms with Gasteiger partial charge in [-0.25, -0.2) is 0 Å². The lowest BCUT2D eigenvalue weighted by atomic mass is 9.85. The molecule has 1 aliphatic heterocycles. The van der Waals surface area contributed by atoms with E-state index in [2.05, 4.69) is 10.6 Å². The highest BCUT2D eigenvalue weighted by Gasteiger charge is 2.37. The van der Waals surface area contributed by atoms with Crippen LogP contribution in [-0.4, -0.2) is 31.7 Å². The molecular formula is C19H29ClN2O3. The van der Waals surface area contributed by atoms with Crippen molar-refractivity contribution >= 4 is 18.3 Å². The van der Waals surface area contributed by atoms with Crippen LogP contribution >= 0.6 is 12.4 Å². The standard InChI is InChI=1S/C19H28N2O3.ClH/c1-3-24-17-9-8-13(10-18(17)23-2)12-20-19(22)16-11-14-6-4-5-7-15(14)21-16;/h8-10,14-16,21H,3-7,11-12H2,1-2H3,(H,20,22);1H. The first kappa shape index (κ1) is 19.9. The fourth-order valence-electron chi connectivity index (χ4n) is 3.93. The summed E-state index contributed by atoms with van der Waals surface area (Å²) in [6, 6.07) is 6.29. The van der Waals surface area contributed by atoms with E-state index in [0.29, 0.717) is 30.9 Å². The molecule has 0 aromatic heterocycles. The Hall–Kier alpha value is -1.46. The number of hydrogen-bond donors (Lipinski definition) is 2. The molecule has 1 heterocycles. The number of amides is 1. The molecule has 0 bridgehead atoms. The molecule has 5 nitrogen and oxygen atoms in total. The Bertz CT molecular complexity index is 568. The van der Waals surface area contributed by atoms with E-state index in [9.17, 15) is 4.79 Å². The topological polar surface area (TPSA) is 59.6 Å². The molecule has 3 unspecified atom stereocenters. The largest absolute Gasteiger partial charge is 0.493 e. The van der Waals surface area contributed by atoms with E-state index < -0.39 is 0 Å². The average Bonchev–Trinajstić information content (AvgIpc) is 3.05. The summed E-state index contributed by atoms with van der Waals surface area (Å²) in [6.45, 7) is 3.05. The van der Waals surface area contributed by atoms with Gasteiger partial charge in [0.1, 0.15) is 0 Å². The fourth-order valence-corrected chi connectivity index (χ4v) is 3.93. The quantitative estimate of drug-likeness (QED) is 0.810. The van der Waals surface area contributed by atoms with Gasteiger partial charge in [-0.05, 0) is 49.8 Å². The van der Waals surface area contributed by atoms with Crippen molar-refractivity contribution in [2.45, 2.75) is 57.7 Å². The Balaban J connectivity index is 0.00000225. The molecule has 6 heteroatoms. The van der Waals surface area contributed by atoms with Crippen LogP contribution in [0.2, 0.25) is 0 Å². The second-order valence-electron chi connectivity index (χ2n) is 6.74. The third-order valence-electron chi connectivity index (χ3n) is 5.17. The molecule has 1 saturated heterocycles. The summed E-state index contributed by atoms with van der Waals surface area (Å²) < 4.78 is 10.9. The summed E-state index contributed by atoms with van der Waals surface area (Å²) in [7, 11) is 1.63. The summed E-state index contributed by atoms with van der Waals surface area (Å²) in [6.07, 6.45) is 6.04. The van der Waals surface area contributed by atoms with Gasteiger partial charge in [0.25, 0.3) is 0 Å². The van der Waals surface area contributed by atoms with Gasteiger partial charge in [-0.1, -0.05) is 18.9 Å². The molecule has 0 spiro atoms. The molecule has 3 atom stereocenters. The summed E-state index contributed by atoms with van der Waals surface area (Å²) >= 11 is 0. The van der Waals surface area contributed by atoms with E-state index in [1.54, 1.807) is 7.11 Å². The molecule has 2 fully saturated rings. The maximum absolute atomic E-state index is 12.5. The predicted octanol–water partition coefficient (Wildman–Crippen LogP) is 3.05. The average molecular weight is 369 g/mol. The first-order valence-electron chi connectivity index (χ1n) is 9.04. The number of nitrogens with one attached hydrogen (secondary N) is 2. The van der Waals surface area contributed by atoms with Crippen molar-refractivity contribution in [2.24, 2.45) is 5.92 Å². The number of ether oxygens (including phenoxy) is 2. The maximum Gasteiger partial charge on any atom is 0.237 e. The number of carbonyl (C=O) groups excluding carboxylic acids is 1. The second-order valence-corrected chi connectivity index (χ2v) is 6.74. The van der Waals surface area contributed by atoms with E-state index >= 15 is 0 Å². The fraction of sp³-hybridized carbons (Fsp3) is 0.632. The molecule has 1 aliphatic carbocycles. The first-order valence-corrected chi connectivity index (χ1v) is 9.04. The Morgan fingerprint density at radius 1 is 1.28 bits per heavy atom. The number of halogens is 1. The lowest BCUT2D eigenvalue weighted by Gasteiger charge is -2.24. The van der Waals surface area contributed by atoms with Crippen LogP contribution in [0.4, 0.5) is 0 Å². The van der Waals surface area contributed by atoms with Crippen LogP contribution in [0.5, 0.6) is 11.5 Å². The van der Waals surface area contributed by atoms with Crippen LogP contribution in [0.15, 0.2) is 18.2 Å². The van der Waals surface area contributed by atoms with Gasteiger partial charge in [0.15, 0.2) is 11.5 Å². The summed E-state index contributed by atoms with van der Waals surface area (Å²) in [5.41, 5.74) is 1.01. The molecule has 1 saturated carbocycles. The molecule has 1 aromatic carbocycles. The smallest absolute Gasteiger partial charge is 0.237 e. The van der Waals surface area contributed by atoms with Crippen LogP contribution in [0, 0.1) is 5.92 Å². The lowest BCUT2D eigenvalue weighted by molar-refractivity contribution is -0.123. The summed E-state index contributed by atoms with van der Waals surface area (Å²) in [4.78, 5) is 12.5. The van der Waals surface area contributed by atoms with Crippen molar-refractivity contribution in [3.63, 3.8) is 0 Å². The van der Waals surface area contributed by atoms with E-state index in [0.717, 1.165) is 17.7 Å². The van der Waals surface area contributed by atoms with Crippen molar-refractivity contribution in [2.75, 3.05) is 13.7 Å². The van der Waals surface area contributed by atoms with Crippen LogP contribution in [0.1, 0.15) is 44.6 Å². The minimum Gasteiger partial charge on any atom is -0.493 e. The highest BCUT2D eigenvalue weighted by Crippen LogP contribution is 2.33. The van der Waals surface area contributed by atoms with Gasteiger partial charge in [0.05, 0.1) is 19.8 Å². The monoisotopic (exact) mass is 368 g/mol. The van der Waals surface area contributed by atoms with Crippen LogP contribution in [0.3, 0.4) is 0 Å². The number of fused-ring (bicyclic) bond motifs is 1. The number of carbonyl (C=O) groups is 1. The van der Waals surface area contributed by atoms with E-state index in [4.69, 9.17) is 9.47 Å². The summed E-state index contributed by atoms with van der Waals surface area (Å²) in [5.74, 6) is 2.22. The molecule has 1 amide bonds. The van der Waals surface area contributed by atoms with Crippen molar-refractivity contribution < 1.29 is 14.3 Å². The van der Waals surface area contributed by atoms with Crippen molar-refractivity contribution in [1.29, 1.82) is 0 Å². The Kier molecular flexibility index (Phi) is 7.38. The zero-order valence-corrected chi connectivity index (χ0v) is 15.9. The highest BCUT2D eigenvalue weighted by atomic mass is 35.5. The predicted molar refractivity (Wildman–Crippen MR) is 101 cm³/mol. The third-order valence-corrected chi connectivity index (χ3v) is 5.17. The number of rotatable bonds is 6. The molecule has 3 rings (SSSR count). The van der Waals surface area contributed by atoms with Crippen molar-refractivity contribution in [3.8, 4) is 11.5 Å². The summed E-state index contributed by atoms with van der Waals surface area (Å²) in [5, 5.41) is 6.58. The van der Waals surface area contributed by atoms with Gasteiger partial charge >= 0.3 is 0 Å². The SMILES string of the molecule is CCOc1ccc(CNC(=O)C2CC3CCCCC3N2)cc1OC.Cl. The Labute approximate surface area is 156 Å². The number of benzene rings is 1. The zero-order valence-electron chi connectivity index (χ0n) is 15.0. The Morgan fingerprint density at radius 2 is 2.08 bits per heavy atom. The highest BCUT2D eigenvalue weighted by molar-refractivity contribution is 5.85. The van der Waals surface area contributed by atoms with Crippen molar-refractivity contribution in [1.82, 2.24) is 10.6 Å².